The van der Waals surface area contributed by atoms with Crippen molar-refractivity contribution in [1.29, 1.82) is 0 Å². The van der Waals surface area contributed by atoms with E-state index in [0.717, 1.165) is 22.9 Å². The highest BCUT2D eigenvalue weighted by atomic mass is 35.5. The first-order chi connectivity index (χ1) is 13.1. The Balaban J connectivity index is 1.51. The van der Waals surface area contributed by atoms with Gasteiger partial charge in [0.1, 0.15) is 6.61 Å². The maximum absolute atomic E-state index is 13.1. The second kappa shape index (κ2) is 7.45. The van der Waals surface area contributed by atoms with Crippen LogP contribution in [0.15, 0.2) is 54.7 Å². The maximum atomic E-state index is 13.1. The van der Waals surface area contributed by atoms with Crippen LogP contribution in [-0.2, 0) is 11.3 Å². The molecular weight excluding hydrogens is 364 g/mol. The first kappa shape index (κ1) is 17.6. The molecule has 0 spiro atoms. The third kappa shape index (κ3) is 3.55. The molecule has 1 atom stereocenters. The van der Waals surface area contributed by atoms with Crippen LogP contribution >= 0.6 is 11.6 Å². The van der Waals surface area contributed by atoms with Crippen molar-refractivity contribution < 1.29 is 14.3 Å². The molecule has 5 nitrogen and oxygen atoms in total. The smallest absolute Gasteiger partial charge is 0.410 e. The van der Waals surface area contributed by atoms with Gasteiger partial charge in [0.05, 0.1) is 6.04 Å². The number of halogens is 1. The third-order valence-electron chi connectivity index (χ3n) is 4.90. The molecule has 1 amide bonds. The summed E-state index contributed by atoms with van der Waals surface area (Å²) in [5.74, 6) is -0.0855. The van der Waals surface area contributed by atoms with Gasteiger partial charge < -0.3 is 9.72 Å². The highest BCUT2D eigenvalue weighted by Gasteiger charge is 2.36. The summed E-state index contributed by atoms with van der Waals surface area (Å²) in [5, 5.41) is 1.35. The summed E-state index contributed by atoms with van der Waals surface area (Å²) in [7, 11) is 0. The number of aromatic amines is 1. The number of H-pyrrole nitrogens is 1. The number of fused-ring (bicyclic) bond motifs is 1. The number of aromatic nitrogens is 1. The molecule has 1 saturated heterocycles. The van der Waals surface area contributed by atoms with Crippen molar-refractivity contribution >= 4 is 34.4 Å². The van der Waals surface area contributed by atoms with Gasteiger partial charge in [0.15, 0.2) is 5.78 Å². The molecule has 138 valence electrons. The Labute approximate surface area is 161 Å². The second-order valence-electron chi connectivity index (χ2n) is 6.65. The van der Waals surface area contributed by atoms with Gasteiger partial charge in [0, 0.05) is 34.2 Å². The SMILES string of the molecule is O=C(c1c[nH]c2ccc(Cl)cc12)C1CCCN1C(=O)OCc1ccccc1. The molecule has 0 bridgehead atoms. The van der Waals surface area contributed by atoms with E-state index in [4.69, 9.17) is 16.3 Å². The maximum Gasteiger partial charge on any atom is 0.410 e. The predicted octanol–water partition coefficient (Wildman–Crippen LogP) is 4.81. The van der Waals surface area contributed by atoms with Crippen LogP contribution in [0.3, 0.4) is 0 Å². The molecule has 1 aliphatic heterocycles. The van der Waals surface area contributed by atoms with Crippen molar-refractivity contribution in [3.8, 4) is 0 Å². The number of likely N-dealkylation sites (tertiary alicyclic amines) is 1. The van der Waals surface area contributed by atoms with Gasteiger partial charge in [-0.1, -0.05) is 41.9 Å². The van der Waals surface area contributed by atoms with Crippen LogP contribution in [0.4, 0.5) is 4.79 Å². The molecule has 0 radical (unpaired) electrons. The van der Waals surface area contributed by atoms with E-state index in [2.05, 4.69) is 4.98 Å². The van der Waals surface area contributed by atoms with Crippen LogP contribution in [0.2, 0.25) is 5.02 Å². The normalized spacial score (nSPS) is 16.6. The van der Waals surface area contributed by atoms with Crippen LogP contribution in [0, 0.1) is 0 Å². The number of nitrogens with zero attached hydrogens (tertiary/aromatic N) is 1. The quantitative estimate of drug-likeness (QED) is 0.659. The number of benzene rings is 2. The van der Waals surface area contributed by atoms with Gasteiger partial charge >= 0.3 is 6.09 Å². The zero-order valence-corrected chi connectivity index (χ0v) is 15.4. The van der Waals surface area contributed by atoms with E-state index in [0.29, 0.717) is 23.6 Å². The third-order valence-corrected chi connectivity index (χ3v) is 5.14. The molecule has 0 saturated carbocycles. The molecule has 1 aliphatic rings. The first-order valence-electron chi connectivity index (χ1n) is 8.91. The lowest BCUT2D eigenvalue weighted by atomic mass is 10.0. The monoisotopic (exact) mass is 382 g/mol. The number of nitrogens with one attached hydrogen (secondary N) is 1. The van der Waals surface area contributed by atoms with Gasteiger partial charge in [-0.05, 0) is 36.6 Å². The van der Waals surface area contributed by atoms with Crippen molar-refractivity contribution in [2.24, 2.45) is 0 Å². The van der Waals surface area contributed by atoms with Gasteiger partial charge in [0.25, 0.3) is 0 Å². The molecule has 1 unspecified atom stereocenters. The van der Waals surface area contributed by atoms with Crippen molar-refractivity contribution in [3.63, 3.8) is 0 Å². The van der Waals surface area contributed by atoms with Crippen molar-refractivity contribution in [2.45, 2.75) is 25.5 Å². The van der Waals surface area contributed by atoms with Gasteiger partial charge in [0.2, 0.25) is 0 Å². The highest BCUT2D eigenvalue weighted by molar-refractivity contribution is 6.31. The van der Waals surface area contributed by atoms with Gasteiger partial charge in [-0.25, -0.2) is 4.79 Å². The number of hydrogen-bond donors (Lipinski definition) is 1. The second-order valence-corrected chi connectivity index (χ2v) is 7.08. The van der Waals surface area contributed by atoms with E-state index >= 15 is 0 Å². The Kier molecular flexibility index (Phi) is 4.86. The zero-order chi connectivity index (χ0) is 18.8. The van der Waals surface area contributed by atoms with Gasteiger partial charge in [-0.15, -0.1) is 0 Å². The lowest BCUT2D eigenvalue weighted by Gasteiger charge is -2.23. The molecule has 1 fully saturated rings. The Bertz CT molecular complexity index is 984. The molecule has 1 aromatic heterocycles. The largest absolute Gasteiger partial charge is 0.445 e. The van der Waals surface area contributed by atoms with E-state index in [1.165, 1.54) is 4.90 Å². The topological polar surface area (TPSA) is 62.4 Å². The highest BCUT2D eigenvalue weighted by Crippen LogP contribution is 2.28. The number of amides is 1. The van der Waals surface area contributed by atoms with Crippen LogP contribution in [0.5, 0.6) is 0 Å². The first-order valence-corrected chi connectivity index (χ1v) is 9.29. The van der Waals surface area contributed by atoms with Crippen molar-refractivity contribution in [2.75, 3.05) is 6.54 Å². The van der Waals surface area contributed by atoms with Crippen LogP contribution in [0.25, 0.3) is 10.9 Å². The molecule has 0 aliphatic carbocycles. The van der Waals surface area contributed by atoms with E-state index in [1.807, 2.05) is 36.4 Å². The van der Waals surface area contributed by atoms with E-state index < -0.39 is 12.1 Å². The lowest BCUT2D eigenvalue weighted by Crippen LogP contribution is -2.40. The molecule has 2 heterocycles. The van der Waals surface area contributed by atoms with Gasteiger partial charge in [-0.2, -0.15) is 0 Å². The van der Waals surface area contributed by atoms with E-state index in [1.54, 1.807) is 18.3 Å². The minimum atomic E-state index is -0.508. The average Bonchev–Trinajstić information content (AvgIpc) is 3.33. The average molecular weight is 383 g/mol. The fraction of sp³-hybridized carbons (Fsp3) is 0.238. The molecule has 3 aromatic rings. The summed E-state index contributed by atoms with van der Waals surface area (Å²) in [5.41, 5.74) is 2.32. The summed E-state index contributed by atoms with van der Waals surface area (Å²) in [4.78, 5) is 30.3. The summed E-state index contributed by atoms with van der Waals surface area (Å²) in [6, 6.07) is 14.4. The Morgan fingerprint density at radius 1 is 1.19 bits per heavy atom. The standard InChI is InChI=1S/C21H19ClN2O3/c22-15-8-9-18-16(11-15)17(12-23-18)20(25)19-7-4-10-24(19)21(26)27-13-14-5-2-1-3-6-14/h1-3,5-6,8-9,11-12,19,23H,4,7,10,13H2. The molecule has 27 heavy (non-hydrogen) atoms. The number of ketones is 1. The van der Waals surface area contributed by atoms with Crippen LogP contribution < -0.4 is 0 Å². The Morgan fingerprint density at radius 2 is 2.00 bits per heavy atom. The summed E-state index contributed by atoms with van der Waals surface area (Å²) >= 11 is 6.08. The number of hydrogen-bond acceptors (Lipinski definition) is 3. The molecular formula is C21H19ClN2O3. The van der Waals surface area contributed by atoms with E-state index in [9.17, 15) is 9.59 Å². The van der Waals surface area contributed by atoms with Crippen LogP contribution in [0.1, 0.15) is 28.8 Å². The van der Waals surface area contributed by atoms with E-state index in [-0.39, 0.29) is 12.4 Å². The predicted molar refractivity (Wildman–Crippen MR) is 104 cm³/mol. The summed E-state index contributed by atoms with van der Waals surface area (Å²) in [6.45, 7) is 0.715. The Hall–Kier alpha value is -2.79. The number of Topliss-reactive ketones (excluding diaryl/α,β-unsaturated/α-hetero) is 1. The van der Waals surface area contributed by atoms with Crippen molar-refractivity contribution in [3.05, 3.63) is 70.9 Å². The fourth-order valence-electron chi connectivity index (χ4n) is 3.54. The molecule has 2 aromatic carbocycles. The number of ether oxygens (including phenoxy) is 1. The number of carbonyl (C=O) groups excluding carboxylic acids is 2. The van der Waals surface area contributed by atoms with Crippen molar-refractivity contribution in [1.82, 2.24) is 9.88 Å². The molecule has 6 heteroatoms. The fourth-order valence-corrected chi connectivity index (χ4v) is 3.71. The summed E-state index contributed by atoms with van der Waals surface area (Å²) in [6.07, 6.45) is 2.65. The number of rotatable bonds is 4. The summed E-state index contributed by atoms with van der Waals surface area (Å²) < 4.78 is 5.42. The molecule has 4 rings (SSSR count). The minimum absolute atomic E-state index is 0.0855. The number of carbonyl (C=O) groups is 2. The lowest BCUT2D eigenvalue weighted by molar-refractivity contribution is 0.0739. The Morgan fingerprint density at radius 3 is 2.81 bits per heavy atom. The van der Waals surface area contributed by atoms with Gasteiger partial charge in [-0.3, -0.25) is 9.69 Å². The van der Waals surface area contributed by atoms with Crippen LogP contribution in [-0.4, -0.2) is 34.3 Å². The zero-order valence-electron chi connectivity index (χ0n) is 14.7. The minimum Gasteiger partial charge on any atom is -0.445 e. The molecule has 1 N–H and O–H groups in total.